The van der Waals surface area contributed by atoms with Crippen molar-refractivity contribution in [3.63, 3.8) is 0 Å². The second kappa shape index (κ2) is 9.81. The third-order valence-corrected chi connectivity index (χ3v) is 7.11. The normalized spacial score (nSPS) is 19.5. The second-order valence-corrected chi connectivity index (χ2v) is 10.3. The van der Waals surface area contributed by atoms with Crippen LogP contribution < -0.4 is 5.32 Å². The Kier molecular flexibility index (Phi) is 6.57. The summed E-state index contributed by atoms with van der Waals surface area (Å²) in [5.74, 6) is 0.547. The molecule has 0 amide bonds. The molecular formula is C23H25FN10OS. The number of anilines is 1. The van der Waals surface area contributed by atoms with Crippen molar-refractivity contribution in [3.8, 4) is 23.1 Å². The predicted molar refractivity (Wildman–Crippen MR) is 133 cm³/mol. The lowest BCUT2D eigenvalue weighted by Gasteiger charge is -2.32. The number of hydrogen-bond donors (Lipinski definition) is 1. The highest BCUT2D eigenvalue weighted by Gasteiger charge is 2.35. The van der Waals surface area contributed by atoms with Gasteiger partial charge in [0, 0.05) is 59.0 Å². The number of fused-ring (bicyclic) bond motifs is 1. The first-order valence-corrected chi connectivity index (χ1v) is 13.0. The summed E-state index contributed by atoms with van der Waals surface area (Å²) in [6, 6.07) is 5.31. The zero-order chi connectivity index (χ0) is 25.4. The van der Waals surface area contributed by atoms with Gasteiger partial charge in [0.15, 0.2) is 11.5 Å². The minimum Gasteiger partial charge on any atom is -0.598 e. The van der Waals surface area contributed by atoms with E-state index in [2.05, 4.69) is 36.8 Å². The number of nitrogens with zero attached hydrogens (tertiary/aromatic N) is 9. The van der Waals surface area contributed by atoms with Crippen molar-refractivity contribution < 1.29 is 8.94 Å². The molecule has 3 atom stereocenters. The van der Waals surface area contributed by atoms with Gasteiger partial charge in [0.2, 0.25) is 0 Å². The summed E-state index contributed by atoms with van der Waals surface area (Å²) in [5.41, 5.74) is 3.10. The fourth-order valence-corrected chi connectivity index (χ4v) is 5.02. The van der Waals surface area contributed by atoms with Crippen molar-refractivity contribution in [2.45, 2.75) is 38.5 Å². The summed E-state index contributed by atoms with van der Waals surface area (Å²) in [4.78, 5) is 8.96. The van der Waals surface area contributed by atoms with E-state index in [1.165, 1.54) is 6.20 Å². The SMILES string of the molecule is CC(C)Nc1cc(-n2ncc3cc(C#N)cnc32)ncc1-c1cn(C2CCN([S+](C)[O-])C[C@@H]2F)nn1. The highest BCUT2D eigenvalue weighted by molar-refractivity contribution is 7.88. The molecule has 1 aliphatic rings. The zero-order valence-corrected chi connectivity index (χ0v) is 20.9. The summed E-state index contributed by atoms with van der Waals surface area (Å²) in [5, 5.41) is 26.2. The standard InChI is InChI=1S/C23H25FN10OS/c1-14(2)29-19-7-22(34-23-16(10-28-34)6-15(8-25)9-27-23)26-11-17(19)20-13-33(31-30-20)21-4-5-32(36(3)35)12-18(21)24/h6-7,9-11,13-14,18,21H,4-5,12H2,1-3H3,(H,26,29)/t18-,21?,36?/m0/s1. The van der Waals surface area contributed by atoms with Gasteiger partial charge < -0.3 is 9.87 Å². The molecule has 11 nitrogen and oxygen atoms in total. The Morgan fingerprint density at radius 1 is 1.25 bits per heavy atom. The van der Waals surface area contributed by atoms with Crippen LogP contribution in [0.5, 0.6) is 0 Å². The fourth-order valence-electron chi connectivity index (χ4n) is 4.30. The molecule has 0 bridgehead atoms. The van der Waals surface area contributed by atoms with Crippen molar-refractivity contribution in [2.75, 3.05) is 24.7 Å². The monoisotopic (exact) mass is 508 g/mol. The molecule has 1 fully saturated rings. The van der Waals surface area contributed by atoms with Crippen molar-refractivity contribution in [2.24, 2.45) is 0 Å². The molecule has 0 aliphatic carbocycles. The molecule has 5 heterocycles. The number of piperidine rings is 1. The molecule has 1 aliphatic heterocycles. The first-order valence-electron chi connectivity index (χ1n) is 11.5. The van der Waals surface area contributed by atoms with Crippen LogP contribution >= 0.6 is 0 Å². The number of rotatable bonds is 6. The second-order valence-electron chi connectivity index (χ2n) is 8.96. The van der Waals surface area contributed by atoms with E-state index in [4.69, 9.17) is 5.26 Å². The van der Waals surface area contributed by atoms with Gasteiger partial charge in [0.1, 0.15) is 24.2 Å². The predicted octanol–water partition coefficient (Wildman–Crippen LogP) is 2.64. The number of nitriles is 1. The van der Waals surface area contributed by atoms with Crippen molar-refractivity contribution in [1.82, 2.24) is 39.0 Å². The Morgan fingerprint density at radius 2 is 2.08 bits per heavy atom. The minimum absolute atomic E-state index is 0.0983. The Bertz CT molecular complexity index is 1430. The van der Waals surface area contributed by atoms with E-state index < -0.39 is 23.6 Å². The number of pyridine rings is 2. The number of halogens is 1. The van der Waals surface area contributed by atoms with Gasteiger partial charge in [-0.05, 0) is 26.3 Å². The number of hydrogen-bond acceptors (Lipinski definition) is 9. The van der Waals surface area contributed by atoms with E-state index in [1.54, 1.807) is 44.6 Å². The third kappa shape index (κ3) is 4.62. The first-order chi connectivity index (χ1) is 17.3. The molecule has 5 rings (SSSR count). The molecule has 0 aromatic carbocycles. The summed E-state index contributed by atoms with van der Waals surface area (Å²) in [6.45, 7) is 4.67. The number of alkyl halides is 1. The maximum atomic E-state index is 14.9. The van der Waals surface area contributed by atoms with E-state index in [0.717, 1.165) is 16.6 Å². The number of nitrogens with one attached hydrogen (secondary N) is 1. The molecule has 4 aromatic rings. The van der Waals surface area contributed by atoms with Crippen LogP contribution in [-0.4, -0.2) is 75.2 Å². The summed E-state index contributed by atoms with van der Waals surface area (Å²) in [7, 11) is 0. The van der Waals surface area contributed by atoms with E-state index in [-0.39, 0.29) is 12.6 Å². The van der Waals surface area contributed by atoms with Crippen LogP contribution in [-0.2, 0) is 11.4 Å². The highest BCUT2D eigenvalue weighted by Crippen LogP contribution is 2.31. The van der Waals surface area contributed by atoms with E-state index in [1.807, 2.05) is 19.9 Å². The van der Waals surface area contributed by atoms with Gasteiger partial charge >= 0.3 is 0 Å². The van der Waals surface area contributed by atoms with Crippen LogP contribution in [0.4, 0.5) is 10.1 Å². The van der Waals surface area contributed by atoms with Gasteiger partial charge in [-0.2, -0.15) is 15.0 Å². The van der Waals surface area contributed by atoms with Crippen LogP contribution in [0.15, 0.2) is 36.9 Å². The van der Waals surface area contributed by atoms with Crippen LogP contribution in [0.1, 0.15) is 31.9 Å². The smallest absolute Gasteiger partial charge is 0.164 e. The Hall–Kier alpha value is -3.60. The minimum atomic E-state index is -1.20. The van der Waals surface area contributed by atoms with E-state index >= 15 is 0 Å². The fraction of sp³-hybridized carbons (Fsp3) is 0.391. The van der Waals surface area contributed by atoms with Crippen molar-refractivity contribution in [3.05, 3.63) is 42.5 Å². The molecule has 0 saturated carbocycles. The molecule has 1 saturated heterocycles. The summed E-state index contributed by atoms with van der Waals surface area (Å²) < 4.78 is 31.4. The molecule has 0 spiro atoms. The highest BCUT2D eigenvalue weighted by atomic mass is 32.2. The van der Waals surface area contributed by atoms with E-state index in [9.17, 15) is 8.94 Å². The lowest BCUT2D eigenvalue weighted by Crippen LogP contribution is -2.45. The van der Waals surface area contributed by atoms with Crippen LogP contribution in [0, 0.1) is 11.3 Å². The molecule has 186 valence electrons. The summed E-state index contributed by atoms with van der Waals surface area (Å²) in [6.07, 6.45) is 7.41. The maximum Gasteiger partial charge on any atom is 0.164 e. The van der Waals surface area contributed by atoms with Crippen molar-refractivity contribution >= 4 is 28.1 Å². The lowest BCUT2D eigenvalue weighted by molar-refractivity contribution is 0.128. The molecular weight excluding hydrogens is 483 g/mol. The van der Waals surface area contributed by atoms with Gasteiger partial charge in [-0.15, -0.1) is 9.40 Å². The van der Waals surface area contributed by atoms with Crippen LogP contribution in [0.25, 0.3) is 28.1 Å². The average molecular weight is 509 g/mol. The maximum absolute atomic E-state index is 14.9. The Balaban J connectivity index is 1.47. The van der Waals surface area contributed by atoms with Gasteiger partial charge in [0.25, 0.3) is 0 Å². The van der Waals surface area contributed by atoms with Crippen LogP contribution in [0.2, 0.25) is 0 Å². The van der Waals surface area contributed by atoms with Gasteiger partial charge in [-0.3, -0.25) is 0 Å². The summed E-state index contributed by atoms with van der Waals surface area (Å²) >= 11 is -1.20. The average Bonchev–Trinajstić information content (AvgIpc) is 3.50. The quantitative estimate of drug-likeness (QED) is 0.390. The van der Waals surface area contributed by atoms with Gasteiger partial charge in [0.05, 0.1) is 30.5 Å². The molecule has 2 unspecified atom stereocenters. The molecule has 36 heavy (non-hydrogen) atoms. The topological polar surface area (TPSA) is 136 Å². The third-order valence-electron chi connectivity index (χ3n) is 6.05. The number of aromatic nitrogens is 7. The Labute approximate surface area is 210 Å². The largest absolute Gasteiger partial charge is 0.598 e. The zero-order valence-electron chi connectivity index (χ0n) is 20.0. The van der Waals surface area contributed by atoms with Crippen LogP contribution in [0.3, 0.4) is 0 Å². The molecule has 1 N–H and O–H groups in total. The molecule has 4 aromatic heterocycles. The molecule has 0 radical (unpaired) electrons. The van der Waals surface area contributed by atoms with E-state index in [0.29, 0.717) is 35.7 Å². The Morgan fingerprint density at radius 3 is 2.81 bits per heavy atom. The van der Waals surface area contributed by atoms with Gasteiger partial charge in [-0.25, -0.2) is 19.0 Å². The van der Waals surface area contributed by atoms with Crippen molar-refractivity contribution in [1.29, 1.82) is 5.26 Å². The lowest BCUT2D eigenvalue weighted by atomic mass is 10.1. The first kappa shape index (κ1) is 24.1. The van der Waals surface area contributed by atoms with Gasteiger partial charge in [-0.1, -0.05) is 5.21 Å². The molecule has 13 heteroatoms.